The third kappa shape index (κ3) is 6.50. The van der Waals surface area contributed by atoms with E-state index in [1.54, 1.807) is 18.2 Å². The van der Waals surface area contributed by atoms with Crippen molar-refractivity contribution in [1.82, 2.24) is 15.0 Å². The van der Waals surface area contributed by atoms with Crippen molar-refractivity contribution >= 4 is 29.4 Å². The first-order chi connectivity index (χ1) is 17.8. The minimum absolute atomic E-state index is 0.0224. The second-order valence-electron chi connectivity index (χ2n) is 8.35. The van der Waals surface area contributed by atoms with Crippen LogP contribution in [0.1, 0.15) is 37.2 Å². The fourth-order valence-corrected chi connectivity index (χ4v) is 3.94. The van der Waals surface area contributed by atoms with Crippen LogP contribution in [0.3, 0.4) is 0 Å². The van der Waals surface area contributed by atoms with E-state index in [4.69, 9.17) is 4.74 Å². The molecule has 0 amide bonds. The molecule has 0 aliphatic carbocycles. The van der Waals surface area contributed by atoms with Crippen molar-refractivity contribution in [2.45, 2.75) is 38.9 Å². The Kier molecular flexibility index (Phi) is 8.17. The quantitative estimate of drug-likeness (QED) is 0.235. The van der Waals surface area contributed by atoms with E-state index in [1.165, 1.54) is 12.3 Å². The lowest BCUT2D eigenvalue weighted by molar-refractivity contribution is -0.137. The topological polar surface area (TPSA) is 87.6 Å². The first-order valence-corrected chi connectivity index (χ1v) is 11.9. The smallest absolute Gasteiger partial charge is 0.377 e. The minimum atomic E-state index is -4.42. The molecule has 0 spiro atoms. The summed E-state index contributed by atoms with van der Waals surface area (Å²) in [6, 6.07) is 8.41. The van der Waals surface area contributed by atoms with Crippen LogP contribution in [0.15, 0.2) is 47.7 Å². The molecule has 1 unspecified atom stereocenters. The highest BCUT2D eigenvalue weighted by Gasteiger charge is 2.30. The van der Waals surface area contributed by atoms with Crippen molar-refractivity contribution in [3.8, 4) is 0 Å². The van der Waals surface area contributed by atoms with E-state index in [1.807, 2.05) is 18.7 Å². The number of benzene rings is 1. The Labute approximate surface area is 211 Å². The number of ether oxygens (including phenoxy) is 1. The Morgan fingerprint density at radius 2 is 2.03 bits per heavy atom. The van der Waals surface area contributed by atoms with Gasteiger partial charge in [-0.2, -0.15) is 23.3 Å². The van der Waals surface area contributed by atoms with Crippen molar-refractivity contribution in [3.05, 3.63) is 65.4 Å². The Hall–Kier alpha value is -3.80. The highest BCUT2D eigenvalue weighted by atomic mass is 19.4. The zero-order valence-corrected chi connectivity index (χ0v) is 20.4. The first kappa shape index (κ1) is 26.3. The molecule has 196 valence electrons. The maximum Gasteiger partial charge on any atom is 0.416 e. The van der Waals surface area contributed by atoms with Gasteiger partial charge in [-0.1, -0.05) is 19.9 Å². The van der Waals surface area contributed by atoms with Gasteiger partial charge in [-0.3, -0.25) is 0 Å². The number of aromatic nitrogens is 3. The molecular weight excluding hydrogens is 490 g/mol. The molecule has 0 radical (unpaired) electrons. The number of hydrogen-bond donors (Lipinski definition) is 2. The normalized spacial score (nSPS) is 16.3. The van der Waals surface area contributed by atoms with Crippen molar-refractivity contribution in [2.75, 3.05) is 35.4 Å². The molecule has 1 aromatic carbocycles. The highest BCUT2D eigenvalue weighted by Crippen LogP contribution is 2.32. The summed E-state index contributed by atoms with van der Waals surface area (Å²) in [6.07, 6.45) is -0.535. The second kappa shape index (κ2) is 11.5. The molecule has 12 heteroatoms. The summed E-state index contributed by atoms with van der Waals surface area (Å²) in [5.41, 5.74) is 4.04. The highest BCUT2D eigenvalue weighted by molar-refractivity contribution is 5.79. The zero-order chi connectivity index (χ0) is 26.4. The largest absolute Gasteiger partial charge is 0.416 e. The summed E-state index contributed by atoms with van der Waals surface area (Å²) < 4.78 is 59.0. The Morgan fingerprint density at radius 1 is 1.19 bits per heavy atom. The van der Waals surface area contributed by atoms with Gasteiger partial charge in [0.2, 0.25) is 5.95 Å². The molecule has 4 rings (SSSR count). The van der Waals surface area contributed by atoms with E-state index >= 15 is 0 Å². The lowest BCUT2D eigenvalue weighted by atomic mass is 10.1. The van der Waals surface area contributed by atoms with Crippen molar-refractivity contribution < 1.29 is 22.3 Å². The summed E-state index contributed by atoms with van der Waals surface area (Å²) >= 11 is 0. The van der Waals surface area contributed by atoms with Gasteiger partial charge in [0.15, 0.2) is 11.6 Å². The predicted octanol–water partition coefficient (Wildman–Crippen LogP) is 5.40. The van der Waals surface area contributed by atoms with E-state index in [0.717, 1.165) is 24.8 Å². The van der Waals surface area contributed by atoms with Crippen LogP contribution >= 0.6 is 0 Å². The summed E-state index contributed by atoms with van der Waals surface area (Å²) in [4.78, 5) is 14.6. The van der Waals surface area contributed by atoms with Crippen molar-refractivity contribution in [3.63, 3.8) is 0 Å². The third-order valence-electron chi connectivity index (χ3n) is 5.86. The lowest BCUT2D eigenvalue weighted by Crippen LogP contribution is -2.46. The molecule has 3 aromatic rings. The number of morpholine rings is 1. The molecule has 1 atom stereocenters. The molecule has 8 nitrogen and oxygen atoms in total. The lowest BCUT2D eigenvalue weighted by Gasteiger charge is -2.36. The minimum Gasteiger partial charge on any atom is -0.377 e. The van der Waals surface area contributed by atoms with E-state index < -0.39 is 17.6 Å². The molecule has 3 heterocycles. The molecule has 37 heavy (non-hydrogen) atoms. The van der Waals surface area contributed by atoms with Crippen LogP contribution in [-0.2, 0) is 17.3 Å². The molecule has 1 fully saturated rings. The number of alkyl halides is 3. The van der Waals surface area contributed by atoms with Gasteiger partial charge < -0.3 is 15.0 Å². The SMILES string of the molecule is CCc1nc(/C=N/Nc2ncc(F)c(N3CCOCC3CC)n2)ccc1Nc1cccc(C(F)(F)F)c1. The predicted molar refractivity (Wildman–Crippen MR) is 134 cm³/mol. The molecular formula is C25H27F4N7O. The van der Waals surface area contributed by atoms with E-state index in [-0.39, 0.29) is 17.8 Å². The average molecular weight is 518 g/mol. The van der Waals surface area contributed by atoms with E-state index in [0.29, 0.717) is 48.9 Å². The number of aryl methyl sites for hydroxylation is 1. The summed E-state index contributed by atoms with van der Waals surface area (Å²) in [6.45, 7) is 5.42. The van der Waals surface area contributed by atoms with Gasteiger partial charge in [0.1, 0.15) is 0 Å². The Morgan fingerprint density at radius 3 is 2.78 bits per heavy atom. The number of halogens is 4. The molecule has 0 bridgehead atoms. The zero-order valence-electron chi connectivity index (χ0n) is 20.4. The van der Waals surface area contributed by atoms with Gasteiger partial charge in [-0.15, -0.1) is 0 Å². The maximum absolute atomic E-state index is 14.5. The van der Waals surface area contributed by atoms with Crippen LogP contribution in [0.4, 0.5) is 40.7 Å². The van der Waals surface area contributed by atoms with Gasteiger partial charge in [0, 0.05) is 12.2 Å². The molecule has 2 N–H and O–H groups in total. The van der Waals surface area contributed by atoms with E-state index in [2.05, 4.69) is 30.8 Å². The summed E-state index contributed by atoms with van der Waals surface area (Å²) in [7, 11) is 0. The standard InChI is InChI=1S/C25H27F4N7O/c1-3-19-15-37-11-10-36(19)23-20(26)14-30-24(34-23)35-31-13-18-8-9-22(21(4-2)33-18)32-17-7-5-6-16(12-17)25(27,28)29/h5-9,12-14,19,32H,3-4,10-11,15H2,1-2H3,(H,30,34,35)/b31-13+. The van der Waals surface area contributed by atoms with E-state index in [9.17, 15) is 17.6 Å². The molecule has 2 aromatic heterocycles. The first-order valence-electron chi connectivity index (χ1n) is 11.9. The van der Waals surface area contributed by atoms with Gasteiger partial charge in [0.05, 0.1) is 54.3 Å². The number of hydrazone groups is 1. The number of hydrogen-bond acceptors (Lipinski definition) is 8. The second-order valence-corrected chi connectivity index (χ2v) is 8.35. The molecule has 0 saturated carbocycles. The Balaban J connectivity index is 1.46. The van der Waals surface area contributed by atoms with Gasteiger partial charge in [-0.05, 0) is 43.2 Å². The van der Waals surface area contributed by atoms with Gasteiger partial charge in [-0.25, -0.2) is 19.8 Å². The van der Waals surface area contributed by atoms with Gasteiger partial charge >= 0.3 is 6.18 Å². The number of nitrogens with one attached hydrogen (secondary N) is 2. The number of pyridine rings is 1. The molecule has 1 aliphatic heterocycles. The number of nitrogens with zero attached hydrogens (tertiary/aromatic N) is 5. The fourth-order valence-electron chi connectivity index (χ4n) is 3.94. The molecule has 1 saturated heterocycles. The third-order valence-corrected chi connectivity index (χ3v) is 5.86. The van der Waals surface area contributed by atoms with Crippen molar-refractivity contribution in [1.29, 1.82) is 0 Å². The summed E-state index contributed by atoms with van der Waals surface area (Å²) in [5, 5.41) is 7.13. The Bertz CT molecular complexity index is 1250. The number of anilines is 4. The van der Waals surface area contributed by atoms with Crippen LogP contribution in [-0.4, -0.2) is 47.0 Å². The maximum atomic E-state index is 14.5. The van der Waals surface area contributed by atoms with Crippen LogP contribution in [0, 0.1) is 5.82 Å². The monoisotopic (exact) mass is 517 g/mol. The van der Waals surface area contributed by atoms with Crippen molar-refractivity contribution in [2.24, 2.45) is 5.10 Å². The fraction of sp³-hybridized carbons (Fsp3) is 0.360. The van der Waals surface area contributed by atoms with Crippen LogP contribution in [0.5, 0.6) is 0 Å². The molecule has 1 aliphatic rings. The average Bonchev–Trinajstić information content (AvgIpc) is 2.90. The number of rotatable bonds is 8. The summed E-state index contributed by atoms with van der Waals surface area (Å²) in [5.74, 6) is -0.195. The van der Waals surface area contributed by atoms with Crippen LogP contribution < -0.4 is 15.6 Å². The van der Waals surface area contributed by atoms with Crippen LogP contribution in [0.25, 0.3) is 0 Å². The van der Waals surface area contributed by atoms with Crippen LogP contribution in [0.2, 0.25) is 0 Å². The van der Waals surface area contributed by atoms with Gasteiger partial charge in [0.25, 0.3) is 0 Å².